The number of nitrogens with zero attached hydrogens (tertiary/aromatic N) is 1. The van der Waals surface area contributed by atoms with E-state index in [2.05, 4.69) is 4.98 Å². The zero-order chi connectivity index (χ0) is 20.7. The van der Waals surface area contributed by atoms with Crippen LogP contribution in [0.2, 0.25) is 0 Å². The van der Waals surface area contributed by atoms with Gasteiger partial charge >= 0.3 is 6.08 Å². The minimum atomic E-state index is -2.33. The van der Waals surface area contributed by atoms with E-state index in [9.17, 15) is 23.1 Å². The van der Waals surface area contributed by atoms with Gasteiger partial charge in [-0.05, 0) is 45.4 Å². The largest absolute Gasteiger partial charge is 0.390 e. The van der Waals surface area contributed by atoms with Gasteiger partial charge < -0.3 is 5.11 Å². The smallest absolute Gasteiger partial charge is 0.301 e. The summed E-state index contributed by atoms with van der Waals surface area (Å²) in [6.07, 6.45) is 3.20. The molecule has 0 radical (unpaired) electrons. The van der Waals surface area contributed by atoms with Gasteiger partial charge in [-0.3, -0.25) is 4.79 Å². The van der Waals surface area contributed by atoms with Crippen LogP contribution >= 0.6 is 23.1 Å². The van der Waals surface area contributed by atoms with Gasteiger partial charge in [0.25, 0.3) is 0 Å². The minimum absolute atomic E-state index is 0.0317. The Morgan fingerprint density at radius 3 is 2.86 bits per heavy atom. The van der Waals surface area contributed by atoms with Crippen LogP contribution in [0.15, 0.2) is 33.8 Å². The van der Waals surface area contributed by atoms with E-state index < -0.39 is 23.9 Å². The average Bonchev–Trinajstić information content (AvgIpc) is 3.19. The molecule has 1 heterocycles. The number of hydrogen-bond donors (Lipinski definition) is 1. The van der Waals surface area contributed by atoms with E-state index in [0.717, 1.165) is 28.6 Å². The van der Waals surface area contributed by atoms with Crippen LogP contribution in [-0.2, 0) is 4.79 Å². The van der Waals surface area contributed by atoms with Crippen molar-refractivity contribution >= 4 is 28.9 Å². The summed E-state index contributed by atoms with van der Waals surface area (Å²) < 4.78 is 38.2. The SMILES string of the molecule is Cc1csc(SCC[C@H]2C(=O)CCC2/C=C/CC(C)(O)CCC(F)=C(F)F)n1. The van der Waals surface area contributed by atoms with Crippen LogP contribution < -0.4 is 0 Å². The van der Waals surface area contributed by atoms with E-state index in [1.54, 1.807) is 29.2 Å². The quantitative estimate of drug-likeness (QED) is 0.359. The lowest BCUT2D eigenvalue weighted by Gasteiger charge is -2.21. The summed E-state index contributed by atoms with van der Waals surface area (Å²) in [5.41, 5.74) is -0.262. The van der Waals surface area contributed by atoms with E-state index >= 15 is 0 Å². The van der Waals surface area contributed by atoms with Gasteiger partial charge in [-0.2, -0.15) is 8.78 Å². The molecule has 1 aliphatic rings. The molecule has 1 N–H and O–H groups in total. The molecule has 1 aromatic heterocycles. The number of aryl methyl sites for hydroxylation is 1. The highest BCUT2D eigenvalue weighted by Crippen LogP contribution is 2.35. The zero-order valence-corrected chi connectivity index (χ0v) is 17.7. The molecular weight excluding hydrogens is 407 g/mol. The number of thiazole rings is 1. The lowest BCUT2D eigenvalue weighted by molar-refractivity contribution is -0.121. The minimum Gasteiger partial charge on any atom is -0.390 e. The van der Waals surface area contributed by atoms with Crippen LogP contribution in [0.3, 0.4) is 0 Å². The Bertz CT molecular complexity index is 727. The predicted molar refractivity (Wildman–Crippen MR) is 107 cm³/mol. The number of aliphatic hydroxyl groups is 1. The maximum atomic E-state index is 12.9. The third-order valence-corrected chi connectivity index (χ3v) is 7.11. The van der Waals surface area contributed by atoms with Crippen molar-refractivity contribution in [2.75, 3.05) is 5.75 Å². The number of thioether (sulfide) groups is 1. The molecule has 2 unspecified atom stereocenters. The van der Waals surface area contributed by atoms with Gasteiger partial charge in [0.2, 0.25) is 0 Å². The van der Waals surface area contributed by atoms with Gasteiger partial charge in [-0.25, -0.2) is 9.37 Å². The van der Waals surface area contributed by atoms with Crippen molar-refractivity contribution in [3.8, 4) is 0 Å². The lowest BCUT2D eigenvalue weighted by atomic mass is 9.90. The number of ketones is 1. The van der Waals surface area contributed by atoms with Gasteiger partial charge in [-0.1, -0.05) is 23.9 Å². The Kier molecular flexibility index (Phi) is 8.77. The molecule has 1 aliphatic carbocycles. The van der Waals surface area contributed by atoms with Crippen molar-refractivity contribution in [2.45, 2.75) is 62.3 Å². The van der Waals surface area contributed by atoms with Gasteiger partial charge in [0.15, 0.2) is 5.83 Å². The molecule has 0 aliphatic heterocycles. The summed E-state index contributed by atoms with van der Waals surface area (Å²) in [6.45, 7) is 3.46. The second-order valence-electron chi connectivity index (χ2n) is 7.46. The topological polar surface area (TPSA) is 50.2 Å². The highest BCUT2D eigenvalue weighted by atomic mass is 32.2. The number of allylic oxidation sites excluding steroid dienone is 2. The molecule has 8 heteroatoms. The highest BCUT2D eigenvalue weighted by molar-refractivity contribution is 8.01. The molecule has 0 bridgehead atoms. The Morgan fingerprint density at radius 1 is 1.46 bits per heavy atom. The number of hydrogen-bond acceptors (Lipinski definition) is 5. The Balaban J connectivity index is 1.81. The van der Waals surface area contributed by atoms with Crippen LogP contribution in [0.5, 0.6) is 0 Å². The first-order valence-corrected chi connectivity index (χ1v) is 11.2. The molecular formula is C20H26F3NO2S2. The third kappa shape index (κ3) is 7.37. The van der Waals surface area contributed by atoms with Gasteiger partial charge in [0, 0.05) is 35.6 Å². The fraction of sp³-hybridized carbons (Fsp3) is 0.600. The molecule has 0 spiro atoms. The summed E-state index contributed by atoms with van der Waals surface area (Å²) in [6, 6.07) is 0. The van der Waals surface area contributed by atoms with E-state index in [1.165, 1.54) is 6.92 Å². The molecule has 2 rings (SSSR count). The van der Waals surface area contributed by atoms with E-state index in [1.807, 2.05) is 18.4 Å². The molecule has 0 amide bonds. The summed E-state index contributed by atoms with van der Waals surface area (Å²) in [7, 11) is 0. The molecule has 28 heavy (non-hydrogen) atoms. The number of halogens is 3. The predicted octanol–water partition coefficient (Wildman–Crippen LogP) is 6.08. The highest BCUT2D eigenvalue weighted by Gasteiger charge is 2.32. The van der Waals surface area contributed by atoms with Gasteiger partial charge in [0.1, 0.15) is 10.1 Å². The first-order chi connectivity index (χ1) is 13.2. The third-order valence-electron chi connectivity index (χ3n) is 4.94. The molecule has 3 nitrogen and oxygen atoms in total. The van der Waals surface area contributed by atoms with Crippen molar-refractivity contribution < 1.29 is 23.1 Å². The molecule has 3 atom stereocenters. The monoisotopic (exact) mass is 433 g/mol. The summed E-state index contributed by atoms with van der Waals surface area (Å²) in [4.78, 5) is 16.6. The summed E-state index contributed by atoms with van der Waals surface area (Å²) in [5.74, 6) is -0.287. The number of Topliss-reactive ketones (excluding diaryl/α,β-unsaturated/α-hetero) is 1. The lowest BCUT2D eigenvalue weighted by Crippen LogP contribution is -2.23. The van der Waals surface area contributed by atoms with Crippen LogP contribution in [0.1, 0.15) is 51.1 Å². The molecule has 1 fully saturated rings. The van der Waals surface area contributed by atoms with E-state index in [-0.39, 0.29) is 30.5 Å². The van der Waals surface area contributed by atoms with Gasteiger partial charge in [-0.15, -0.1) is 11.3 Å². The zero-order valence-electron chi connectivity index (χ0n) is 16.1. The standard InChI is InChI=1S/C20H26F3NO2S2/c1-13-12-28-19(24-13)27-11-8-15-14(5-6-17(15)25)4-3-9-20(2,26)10-7-16(21)18(22)23/h3-4,12,14-15,26H,5-11H2,1-2H3/b4-3+/t14?,15-,20?/m1/s1. The van der Waals surface area contributed by atoms with Crippen LogP contribution in [0, 0.1) is 18.8 Å². The normalized spacial score (nSPS) is 22.0. The summed E-state index contributed by atoms with van der Waals surface area (Å²) >= 11 is 3.27. The molecule has 156 valence electrons. The first kappa shape index (κ1) is 23.2. The Labute approximate surface area is 172 Å². The maximum Gasteiger partial charge on any atom is 0.301 e. The number of carbonyl (C=O) groups excluding carboxylic acids is 1. The molecule has 1 aromatic rings. The van der Waals surface area contributed by atoms with Crippen molar-refractivity contribution in [3.63, 3.8) is 0 Å². The number of rotatable bonds is 10. The number of carbonyl (C=O) groups is 1. The van der Waals surface area contributed by atoms with Crippen molar-refractivity contribution in [3.05, 3.63) is 35.1 Å². The summed E-state index contributed by atoms with van der Waals surface area (Å²) in [5, 5.41) is 12.2. The Morgan fingerprint density at radius 2 is 2.21 bits per heavy atom. The van der Waals surface area contributed by atoms with Crippen molar-refractivity contribution in [1.29, 1.82) is 0 Å². The van der Waals surface area contributed by atoms with Crippen LogP contribution in [-0.4, -0.2) is 27.2 Å². The van der Waals surface area contributed by atoms with Crippen LogP contribution in [0.4, 0.5) is 13.2 Å². The second kappa shape index (κ2) is 10.6. The number of aromatic nitrogens is 1. The fourth-order valence-corrected chi connectivity index (χ4v) is 5.23. The van der Waals surface area contributed by atoms with Crippen molar-refractivity contribution in [2.24, 2.45) is 11.8 Å². The second-order valence-corrected chi connectivity index (χ2v) is 9.66. The maximum absolute atomic E-state index is 12.9. The fourth-order valence-electron chi connectivity index (χ4n) is 3.28. The first-order valence-electron chi connectivity index (χ1n) is 9.34. The van der Waals surface area contributed by atoms with E-state index in [0.29, 0.717) is 6.42 Å². The van der Waals surface area contributed by atoms with Crippen LogP contribution in [0.25, 0.3) is 0 Å². The average molecular weight is 434 g/mol. The molecule has 0 aromatic carbocycles. The van der Waals surface area contributed by atoms with Gasteiger partial charge in [0.05, 0.1) is 5.60 Å². The van der Waals surface area contributed by atoms with E-state index in [4.69, 9.17) is 0 Å². The Hall–Kier alpha value is -1.12. The molecule has 0 saturated heterocycles. The van der Waals surface area contributed by atoms with Crippen molar-refractivity contribution in [1.82, 2.24) is 4.98 Å². The molecule has 1 saturated carbocycles.